The van der Waals surface area contributed by atoms with Crippen LogP contribution in [0.2, 0.25) is 0 Å². The summed E-state index contributed by atoms with van der Waals surface area (Å²) in [4.78, 5) is 8.95. The Morgan fingerprint density at radius 3 is 2.48 bits per heavy atom. The molecule has 0 aliphatic rings. The number of aromatic nitrogens is 2. The highest BCUT2D eigenvalue weighted by Gasteiger charge is 2.07. The van der Waals surface area contributed by atoms with Crippen molar-refractivity contribution in [3.8, 4) is 11.5 Å². The number of methoxy groups -OCH3 is 2. The van der Waals surface area contributed by atoms with Gasteiger partial charge < -0.3 is 24.7 Å². The minimum absolute atomic E-state index is 0.757. The Labute approximate surface area is 184 Å². The second-order valence-electron chi connectivity index (χ2n) is 7.37. The molecule has 0 aliphatic heterocycles. The highest BCUT2D eigenvalue weighted by Crippen LogP contribution is 2.27. The molecule has 2 aromatic carbocycles. The third-order valence-corrected chi connectivity index (χ3v) is 5.30. The number of aliphatic imine (C=N–C) groups is 1. The molecule has 3 rings (SSSR count). The molecular weight excluding hydrogens is 390 g/mol. The zero-order valence-corrected chi connectivity index (χ0v) is 18.9. The van der Waals surface area contributed by atoms with E-state index < -0.39 is 0 Å². The number of rotatable bonds is 10. The Morgan fingerprint density at radius 2 is 1.74 bits per heavy atom. The number of ether oxygens (including phenoxy) is 2. The van der Waals surface area contributed by atoms with Crippen molar-refractivity contribution >= 4 is 17.0 Å². The Balaban J connectivity index is 1.38. The summed E-state index contributed by atoms with van der Waals surface area (Å²) in [5.41, 5.74) is 3.47. The largest absolute Gasteiger partial charge is 0.493 e. The lowest BCUT2D eigenvalue weighted by Gasteiger charge is -2.13. The number of imidazole rings is 1. The summed E-state index contributed by atoms with van der Waals surface area (Å²) < 4.78 is 12.9. The molecule has 0 unspecified atom stereocenters. The summed E-state index contributed by atoms with van der Waals surface area (Å²) in [6.07, 6.45) is 2.95. The molecule has 0 bridgehead atoms. The van der Waals surface area contributed by atoms with Crippen LogP contribution in [0.25, 0.3) is 11.0 Å². The first-order valence-electron chi connectivity index (χ1n) is 10.7. The van der Waals surface area contributed by atoms with E-state index in [2.05, 4.69) is 56.4 Å². The van der Waals surface area contributed by atoms with Gasteiger partial charge in [-0.05, 0) is 56.0 Å². The first-order chi connectivity index (χ1) is 15.2. The van der Waals surface area contributed by atoms with Gasteiger partial charge in [-0.25, -0.2) is 4.98 Å². The van der Waals surface area contributed by atoms with E-state index in [4.69, 9.17) is 9.47 Å². The summed E-state index contributed by atoms with van der Waals surface area (Å²) >= 11 is 0. The van der Waals surface area contributed by atoms with Crippen LogP contribution in [0.5, 0.6) is 11.5 Å². The van der Waals surface area contributed by atoms with Crippen LogP contribution in [0, 0.1) is 6.92 Å². The molecule has 0 saturated heterocycles. The number of aryl methyl sites for hydroxylation is 3. The molecule has 0 aliphatic carbocycles. The van der Waals surface area contributed by atoms with Crippen molar-refractivity contribution in [2.45, 2.75) is 32.7 Å². The van der Waals surface area contributed by atoms with E-state index in [0.717, 1.165) is 67.7 Å². The van der Waals surface area contributed by atoms with Crippen LogP contribution in [0.15, 0.2) is 47.5 Å². The predicted molar refractivity (Wildman–Crippen MR) is 126 cm³/mol. The smallest absolute Gasteiger partial charge is 0.190 e. The number of para-hydroxylation sites is 2. The summed E-state index contributed by atoms with van der Waals surface area (Å²) in [6.45, 7) is 4.68. The average Bonchev–Trinajstić information content (AvgIpc) is 3.12. The van der Waals surface area contributed by atoms with E-state index in [0.29, 0.717) is 0 Å². The van der Waals surface area contributed by atoms with E-state index >= 15 is 0 Å². The zero-order valence-electron chi connectivity index (χ0n) is 18.9. The minimum atomic E-state index is 0.757. The number of fused-ring (bicyclic) bond motifs is 1. The third-order valence-electron chi connectivity index (χ3n) is 5.30. The summed E-state index contributed by atoms with van der Waals surface area (Å²) in [5.74, 6) is 3.41. The molecule has 0 spiro atoms. The van der Waals surface area contributed by atoms with E-state index in [1.807, 2.05) is 18.2 Å². The lowest BCUT2D eigenvalue weighted by molar-refractivity contribution is 0.354. The highest BCUT2D eigenvalue weighted by molar-refractivity contribution is 5.79. The van der Waals surface area contributed by atoms with Crippen molar-refractivity contribution in [2.24, 2.45) is 4.99 Å². The monoisotopic (exact) mass is 423 g/mol. The van der Waals surface area contributed by atoms with Crippen molar-refractivity contribution in [1.29, 1.82) is 0 Å². The lowest BCUT2D eigenvalue weighted by atomic mass is 10.1. The van der Waals surface area contributed by atoms with Crippen molar-refractivity contribution in [1.82, 2.24) is 20.2 Å². The maximum Gasteiger partial charge on any atom is 0.190 e. The van der Waals surface area contributed by atoms with Crippen LogP contribution in [-0.2, 0) is 13.0 Å². The van der Waals surface area contributed by atoms with Crippen LogP contribution in [0.1, 0.15) is 24.2 Å². The van der Waals surface area contributed by atoms with E-state index in [1.54, 1.807) is 21.3 Å². The quantitative estimate of drug-likeness (QED) is 0.296. The molecule has 0 amide bonds. The van der Waals surface area contributed by atoms with Crippen molar-refractivity contribution in [2.75, 3.05) is 34.4 Å². The first-order valence-corrected chi connectivity index (χ1v) is 10.7. The van der Waals surface area contributed by atoms with Crippen LogP contribution >= 0.6 is 0 Å². The molecule has 0 saturated carbocycles. The summed E-state index contributed by atoms with van der Waals surface area (Å²) in [7, 11) is 5.12. The van der Waals surface area contributed by atoms with Gasteiger partial charge in [-0.3, -0.25) is 4.99 Å². The standard InChI is InChI=1S/C24H33N5O2/c1-18-28-20-10-5-6-11-21(20)29(18)16-8-15-27-24(25-2)26-14-7-9-19-12-13-22(30-3)23(17-19)31-4/h5-6,10-13,17H,7-9,14-16H2,1-4H3,(H2,25,26,27). The number of nitrogens with one attached hydrogen (secondary N) is 2. The maximum absolute atomic E-state index is 5.38. The fourth-order valence-electron chi connectivity index (χ4n) is 3.68. The number of hydrogen-bond donors (Lipinski definition) is 2. The Morgan fingerprint density at radius 1 is 1.00 bits per heavy atom. The van der Waals surface area contributed by atoms with Crippen molar-refractivity contribution < 1.29 is 9.47 Å². The van der Waals surface area contributed by atoms with Gasteiger partial charge in [0.05, 0.1) is 25.3 Å². The topological polar surface area (TPSA) is 72.7 Å². The van der Waals surface area contributed by atoms with E-state index in [9.17, 15) is 0 Å². The van der Waals surface area contributed by atoms with Crippen LogP contribution in [-0.4, -0.2) is 49.9 Å². The molecule has 166 valence electrons. The molecule has 31 heavy (non-hydrogen) atoms. The normalized spacial score (nSPS) is 11.5. The number of guanidine groups is 1. The average molecular weight is 424 g/mol. The van der Waals surface area contributed by atoms with Crippen LogP contribution in [0.3, 0.4) is 0 Å². The summed E-state index contributed by atoms with van der Waals surface area (Å²) in [5, 5.41) is 6.79. The van der Waals surface area contributed by atoms with Crippen molar-refractivity contribution in [3.05, 3.63) is 53.9 Å². The molecule has 7 heteroatoms. The van der Waals surface area contributed by atoms with Gasteiger partial charge in [0, 0.05) is 26.7 Å². The SMILES string of the molecule is CN=C(NCCCc1ccc(OC)c(OC)c1)NCCCn1c(C)nc2ccccc21. The number of nitrogens with zero attached hydrogens (tertiary/aromatic N) is 3. The Bertz CT molecular complexity index is 1010. The van der Waals surface area contributed by atoms with Gasteiger partial charge in [0.2, 0.25) is 0 Å². The first kappa shape index (κ1) is 22.5. The second-order valence-corrected chi connectivity index (χ2v) is 7.37. The summed E-state index contributed by atoms with van der Waals surface area (Å²) in [6, 6.07) is 14.3. The number of benzene rings is 2. The number of hydrogen-bond acceptors (Lipinski definition) is 4. The Hall–Kier alpha value is -3.22. The van der Waals surface area contributed by atoms with Gasteiger partial charge in [0.15, 0.2) is 17.5 Å². The Kier molecular flexibility index (Phi) is 8.15. The molecule has 0 fully saturated rings. The van der Waals surface area contributed by atoms with Gasteiger partial charge >= 0.3 is 0 Å². The van der Waals surface area contributed by atoms with Gasteiger partial charge in [-0.1, -0.05) is 18.2 Å². The fourth-order valence-corrected chi connectivity index (χ4v) is 3.68. The molecule has 1 heterocycles. The van der Waals surface area contributed by atoms with Gasteiger partial charge in [0.25, 0.3) is 0 Å². The highest BCUT2D eigenvalue weighted by atomic mass is 16.5. The molecule has 3 aromatic rings. The van der Waals surface area contributed by atoms with E-state index in [-0.39, 0.29) is 0 Å². The van der Waals surface area contributed by atoms with Crippen LogP contribution < -0.4 is 20.1 Å². The lowest BCUT2D eigenvalue weighted by Crippen LogP contribution is -2.38. The predicted octanol–water partition coefficient (Wildman–Crippen LogP) is 3.55. The third kappa shape index (κ3) is 5.90. The van der Waals surface area contributed by atoms with Crippen LogP contribution in [0.4, 0.5) is 0 Å². The fraction of sp³-hybridized carbons (Fsp3) is 0.417. The molecular formula is C24H33N5O2. The van der Waals surface area contributed by atoms with Gasteiger partial charge in [0.1, 0.15) is 5.82 Å². The molecule has 2 N–H and O–H groups in total. The molecule has 0 radical (unpaired) electrons. The van der Waals surface area contributed by atoms with Gasteiger partial charge in [-0.2, -0.15) is 0 Å². The molecule has 0 atom stereocenters. The van der Waals surface area contributed by atoms with Crippen molar-refractivity contribution in [3.63, 3.8) is 0 Å². The zero-order chi connectivity index (χ0) is 22.1. The van der Waals surface area contributed by atoms with E-state index in [1.165, 1.54) is 11.1 Å². The van der Waals surface area contributed by atoms with Gasteiger partial charge in [-0.15, -0.1) is 0 Å². The second kappa shape index (κ2) is 11.2. The molecule has 7 nitrogen and oxygen atoms in total. The maximum atomic E-state index is 5.38. The minimum Gasteiger partial charge on any atom is -0.493 e. The molecule has 1 aromatic heterocycles.